The van der Waals surface area contributed by atoms with Crippen LogP contribution in [0, 0.1) is 0 Å². The van der Waals surface area contributed by atoms with Gasteiger partial charge in [0.05, 0.1) is 6.21 Å². The number of pyridine rings is 1. The van der Waals surface area contributed by atoms with Crippen LogP contribution in [0.4, 0.5) is 5.82 Å². The second-order valence-corrected chi connectivity index (χ2v) is 3.92. The first-order valence-corrected chi connectivity index (χ1v) is 4.41. The van der Waals surface area contributed by atoms with E-state index in [-0.39, 0.29) is 5.60 Å². The third-order valence-corrected chi connectivity index (χ3v) is 1.39. The maximum absolute atomic E-state index is 5.61. The van der Waals surface area contributed by atoms with Crippen molar-refractivity contribution in [1.29, 1.82) is 0 Å². The van der Waals surface area contributed by atoms with Gasteiger partial charge in [-0.3, -0.25) is 0 Å². The van der Waals surface area contributed by atoms with Crippen molar-refractivity contribution in [2.45, 2.75) is 26.4 Å². The molecular weight excluding hydrogens is 178 g/mol. The maximum Gasteiger partial charge on any atom is 0.132 e. The van der Waals surface area contributed by atoms with E-state index in [9.17, 15) is 0 Å². The number of aromatic nitrogens is 1. The van der Waals surface area contributed by atoms with Crippen LogP contribution in [0.3, 0.4) is 0 Å². The lowest BCUT2D eigenvalue weighted by molar-refractivity contribution is 0.00199. The van der Waals surface area contributed by atoms with Crippen molar-refractivity contribution < 1.29 is 4.84 Å². The monoisotopic (exact) mass is 193 g/mol. The summed E-state index contributed by atoms with van der Waals surface area (Å²) in [5.41, 5.74) is 6.09. The van der Waals surface area contributed by atoms with Crippen LogP contribution in [-0.2, 0) is 4.84 Å². The first-order valence-electron chi connectivity index (χ1n) is 4.41. The van der Waals surface area contributed by atoms with Gasteiger partial charge in [-0.1, -0.05) is 5.16 Å². The molecule has 0 aromatic carbocycles. The summed E-state index contributed by atoms with van der Waals surface area (Å²) in [5.74, 6) is 0.453. The Morgan fingerprint density at radius 1 is 1.50 bits per heavy atom. The molecule has 1 rings (SSSR count). The quantitative estimate of drug-likeness (QED) is 0.575. The van der Waals surface area contributed by atoms with E-state index in [0.717, 1.165) is 5.56 Å². The summed E-state index contributed by atoms with van der Waals surface area (Å²) < 4.78 is 0. The minimum atomic E-state index is -0.284. The fraction of sp³-hybridized carbons (Fsp3) is 0.400. The average molecular weight is 193 g/mol. The third kappa shape index (κ3) is 3.43. The van der Waals surface area contributed by atoms with Crippen LogP contribution in [-0.4, -0.2) is 16.8 Å². The first-order chi connectivity index (χ1) is 6.49. The van der Waals surface area contributed by atoms with Crippen LogP contribution >= 0.6 is 0 Å². The number of nitrogens with two attached hydrogens (primary N) is 1. The summed E-state index contributed by atoms with van der Waals surface area (Å²) in [6.07, 6.45) is 3.20. The normalized spacial score (nSPS) is 11.9. The Morgan fingerprint density at radius 3 is 2.79 bits per heavy atom. The Hall–Kier alpha value is -1.58. The SMILES string of the molecule is CC(C)(C)O/N=C/c1cccnc1N. The Kier molecular flexibility index (Phi) is 3.06. The van der Waals surface area contributed by atoms with Gasteiger partial charge < -0.3 is 10.6 Å². The molecule has 0 saturated heterocycles. The Labute approximate surface area is 83.8 Å². The van der Waals surface area contributed by atoms with Gasteiger partial charge in [0.15, 0.2) is 0 Å². The molecule has 0 aliphatic rings. The molecule has 0 unspecified atom stereocenters. The second-order valence-electron chi connectivity index (χ2n) is 3.92. The summed E-state index contributed by atoms with van der Waals surface area (Å²) in [5, 5.41) is 3.83. The van der Waals surface area contributed by atoms with Gasteiger partial charge in [0.1, 0.15) is 11.4 Å². The fourth-order valence-electron chi connectivity index (χ4n) is 0.780. The lowest BCUT2D eigenvalue weighted by Gasteiger charge is -2.14. The zero-order valence-electron chi connectivity index (χ0n) is 8.69. The van der Waals surface area contributed by atoms with Gasteiger partial charge in [-0.25, -0.2) is 4.98 Å². The molecule has 4 heteroatoms. The highest BCUT2D eigenvalue weighted by Gasteiger charge is 2.09. The van der Waals surface area contributed by atoms with Crippen molar-refractivity contribution >= 4 is 12.0 Å². The molecule has 1 aromatic rings. The zero-order valence-corrected chi connectivity index (χ0v) is 8.69. The molecule has 0 saturated carbocycles. The first kappa shape index (κ1) is 10.5. The van der Waals surface area contributed by atoms with E-state index in [1.165, 1.54) is 0 Å². The van der Waals surface area contributed by atoms with Crippen LogP contribution in [0.25, 0.3) is 0 Å². The van der Waals surface area contributed by atoms with Crippen molar-refractivity contribution in [3.8, 4) is 0 Å². The molecule has 4 nitrogen and oxygen atoms in total. The summed E-state index contributed by atoms with van der Waals surface area (Å²) in [6.45, 7) is 5.78. The number of hydrogen-bond donors (Lipinski definition) is 1. The van der Waals surface area contributed by atoms with E-state index < -0.39 is 0 Å². The highest BCUT2D eigenvalue weighted by molar-refractivity contribution is 5.84. The molecule has 0 aliphatic heterocycles. The topological polar surface area (TPSA) is 60.5 Å². The molecule has 0 amide bonds. The number of rotatable bonds is 2. The molecule has 14 heavy (non-hydrogen) atoms. The fourth-order valence-corrected chi connectivity index (χ4v) is 0.780. The number of anilines is 1. The minimum absolute atomic E-state index is 0.284. The molecule has 76 valence electrons. The molecule has 0 radical (unpaired) electrons. The van der Waals surface area contributed by atoms with Gasteiger partial charge in [0.25, 0.3) is 0 Å². The van der Waals surface area contributed by atoms with Crippen LogP contribution in [0.15, 0.2) is 23.5 Å². The van der Waals surface area contributed by atoms with Crippen molar-refractivity contribution in [3.05, 3.63) is 23.9 Å². The zero-order chi connectivity index (χ0) is 10.6. The predicted molar refractivity (Wildman–Crippen MR) is 57.1 cm³/mol. The Balaban J connectivity index is 2.65. The van der Waals surface area contributed by atoms with E-state index in [2.05, 4.69) is 10.1 Å². The van der Waals surface area contributed by atoms with E-state index in [1.54, 1.807) is 18.5 Å². The highest BCUT2D eigenvalue weighted by atomic mass is 16.6. The van der Waals surface area contributed by atoms with Gasteiger partial charge in [-0.05, 0) is 32.9 Å². The largest absolute Gasteiger partial charge is 0.390 e. The molecule has 1 aromatic heterocycles. The van der Waals surface area contributed by atoms with Crippen molar-refractivity contribution in [2.75, 3.05) is 5.73 Å². The molecule has 0 fully saturated rings. The summed E-state index contributed by atoms with van der Waals surface area (Å²) in [6, 6.07) is 3.63. The van der Waals surface area contributed by atoms with Crippen molar-refractivity contribution in [3.63, 3.8) is 0 Å². The van der Waals surface area contributed by atoms with Crippen LogP contribution < -0.4 is 5.73 Å². The summed E-state index contributed by atoms with van der Waals surface area (Å²) >= 11 is 0. The molecule has 0 aliphatic carbocycles. The van der Waals surface area contributed by atoms with Gasteiger partial charge in [0, 0.05) is 11.8 Å². The van der Waals surface area contributed by atoms with Gasteiger partial charge in [0.2, 0.25) is 0 Å². The average Bonchev–Trinajstić information content (AvgIpc) is 2.06. The Morgan fingerprint density at radius 2 is 2.21 bits per heavy atom. The van der Waals surface area contributed by atoms with Gasteiger partial charge in [-0.15, -0.1) is 0 Å². The molecule has 0 spiro atoms. The molecule has 1 heterocycles. The molecule has 0 atom stereocenters. The predicted octanol–water partition coefficient (Wildman–Crippen LogP) is 1.81. The van der Waals surface area contributed by atoms with E-state index in [4.69, 9.17) is 10.6 Å². The van der Waals surface area contributed by atoms with E-state index in [1.807, 2.05) is 26.8 Å². The highest BCUT2D eigenvalue weighted by Crippen LogP contribution is 2.08. The van der Waals surface area contributed by atoms with Gasteiger partial charge >= 0.3 is 0 Å². The summed E-state index contributed by atoms with van der Waals surface area (Å²) in [4.78, 5) is 9.10. The number of oxime groups is 1. The van der Waals surface area contributed by atoms with Crippen molar-refractivity contribution in [2.24, 2.45) is 5.16 Å². The van der Waals surface area contributed by atoms with Crippen LogP contribution in [0.2, 0.25) is 0 Å². The minimum Gasteiger partial charge on any atom is -0.390 e. The molecular formula is C10H15N3O. The molecule has 2 N–H and O–H groups in total. The summed E-state index contributed by atoms with van der Waals surface area (Å²) in [7, 11) is 0. The lowest BCUT2D eigenvalue weighted by atomic mass is 10.2. The lowest BCUT2D eigenvalue weighted by Crippen LogP contribution is -2.15. The van der Waals surface area contributed by atoms with E-state index in [0.29, 0.717) is 5.82 Å². The standard InChI is InChI=1S/C10H15N3O/c1-10(2,3)14-13-7-8-5-4-6-12-9(8)11/h4-7H,1-3H3,(H2,11,12)/b13-7+. The van der Waals surface area contributed by atoms with E-state index >= 15 is 0 Å². The number of hydrogen-bond acceptors (Lipinski definition) is 4. The second kappa shape index (κ2) is 4.09. The maximum atomic E-state index is 5.61. The van der Waals surface area contributed by atoms with Gasteiger partial charge in [-0.2, -0.15) is 0 Å². The van der Waals surface area contributed by atoms with Crippen molar-refractivity contribution in [1.82, 2.24) is 4.98 Å². The smallest absolute Gasteiger partial charge is 0.132 e. The third-order valence-electron chi connectivity index (χ3n) is 1.39. The Bertz CT molecular complexity index is 328. The number of nitrogen functional groups attached to an aromatic ring is 1. The molecule has 0 bridgehead atoms. The van der Waals surface area contributed by atoms with Crippen LogP contribution in [0.5, 0.6) is 0 Å². The van der Waals surface area contributed by atoms with Crippen LogP contribution in [0.1, 0.15) is 26.3 Å². The number of nitrogens with zero attached hydrogens (tertiary/aromatic N) is 2.